The van der Waals surface area contributed by atoms with Gasteiger partial charge in [-0.1, -0.05) is 63.9 Å². The summed E-state index contributed by atoms with van der Waals surface area (Å²) in [5.74, 6) is 0. The van der Waals surface area contributed by atoms with Gasteiger partial charge in [0.1, 0.15) is 0 Å². The van der Waals surface area contributed by atoms with Crippen molar-refractivity contribution in [3.05, 3.63) is 64.7 Å². The van der Waals surface area contributed by atoms with Gasteiger partial charge in [0.2, 0.25) is 0 Å². The van der Waals surface area contributed by atoms with E-state index in [1.54, 1.807) is 0 Å². The molecule has 0 aromatic heterocycles. The normalized spacial score (nSPS) is 10.5. The summed E-state index contributed by atoms with van der Waals surface area (Å²) in [7, 11) is 0. The lowest BCUT2D eigenvalue weighted by molar-refractivity contribution is 0.832. The van der Waals surface area contributed by atoms with Crippen molar-refractivity contribution in [1.82, 2.24) is 0 Å². The van der Waals surface area contributed by atoms with E-state index >= 15 is 0 Å². The highest BCUT2D eigenvalue weighted by Gasteiger charge is 2.09. The third-order valence-corrected chi connectivity index (χ3v) is 4.06. The van der Waals surface area contributed by atoms with Crippen molar-refractivity contribution in [2.75, 3.05) is 11.4 Å². The van der Waals surface area contributed by atoms with Crippen LogP contribution in [0.3, 0.4) is 0 Å². The van der Waals surface area contributed by atoms with Gasteiger partial charge in [0.25, 0.3) is 0 Å². The summed E-state index contributed by atoms with van der Waals surface area (Å²) in [6.45, 7) is 3.96. The highest BCUT2D eigenvalue weighted by Crippen LogP contribution is 2.28. The van der Waals surface area contributed by atoms with Crippen LogP contribution in [0.15, 0.2) is 48.5 Å². The highest BCUT2D eigenvalue weighted by molar-refractivity contribution is 9.08. The summed E-state index contributed by atoms with van der Waals surface area (Å²) >= 11 is 9.84. The molecule has 0 bridgehead atoms. The summed E-state index contributed by atoms with van der Waals surface area (Å²) in [6, 6.07) is 16.7. The third kappa shape index (κ3) is 3.74. The number of alkyl halides is 1. The predicted molar refractivity (Wildman–Crippen MR) is 87.2 cm³/mol. The molecular formula is C16H17BrClN. The molecule has 0 aliphatic rings. The Morgan fingerprint density at radius 1 is 1.05 bits per heavy atom. The summed E-state index contributed by atoms with van der Waals surface area (Å²) in [4.78, 5) is 2.29. The first-order valence-electron chi connectivity index (χ1n) is 6.38. The maximum atomic E-state index is 6.39. The van der Waals surface area contributed by atoms with Crippen LogP contribution in [-0.4, -0.2) is 6.54 Å². The molecule has 2 aromatic rings. The lowest BCUT2D eigenvalue weighted by Gasteiger charge is -2.24. The van der Waals surface area contributed by atoms with Crippen LogP contribution in [0.2, 0.25) is 5.02 Å². The number of benzene rings is 2. The number of rotatable bonds is 5. The van der Waals surface area contributed by atoms with Crippen molar-refractivity contribution in [2.45, 2.75) is 18.8 Å². The van der Waals surface area contributed by atoms with E-state index in [0.29, 0.717) is 0 Å². The minimum Gasteiger partial charge on any atom is -0.366 e. The Morgan fingerprint density at radius 2 is 1.79 bits per heavy atom. The fraction of sp³-hybridized carbons (Fsp3) is 0.250. The van der Waals surface area contributed by atoms with Crippen LogP contribution >= 0.6 is 27.5 Å². The molecule has 0 spiro atoms. The molecule has 2 rings (SSSR count). The zero-order valence-electron chi connectivity index (χ0n) is 10.9. The van der Waals surface area contributed by atoms with Crippen molar-refractivity contribution < 1.29 is 0 Å². The van der Waals surface area contributed by atoms with Crippen LogP contribution in [0.4, 0.5) is 5.69 Å². The zero-order valence-corrected chi connectivity index (χ0v) is 13.3. The van der Waals surface area contributed by atoms with Gasteiger partial charge in [-0.15, -0.1) is 0 Å². The molecule has 0 fully saturated rings. The van der Waals surface area contributed by atoms with Crippen LogP contribution in [0, 0.1) is 0 Å². The molecule has 2 aromatic carbocycles. The van der Waals surface area contributed by atoms with Crippen molar-refractivity contribution in [2.24, 2.45) is 0 Å². The molecular weight excluding hydrogens is 322 g/mol. The van der Waals surface area contributed by atoms with Crippen LogP contribution in [-0.2, 0) is 11.9 Å². The molecule has 0 amide bonds. The van der Waals surface area contributed by atoms with Gasteiger partial charge in [0, 0.05) is 18.4 Å². The van der Waals surface area contributed by atoms with E-state index in [1.807, 2.05) is 12.1 Å². The maximum Gasteiger partial charge on any atom is 0.0642 e. The molecule has 1 nitrogen and oxygen atoms in total. The molecule has 0 aliphatic carbocycles. The van der Waals surface area contributed by atoms with E-state index in [1.165, 1.54) is 11.1 Å². The lowest BCUT2D eigenvalue weighted by Crippen LogP contribution is -2.22. The molecule has 0 heterocycles. The third-order valence-electron chi connectivity index (χ3n) is 3.11. The molecule has 0 N–H and O–H groups in total. The molecule has 3 heteroatoms. The fourth-order valence-electron chi connectivity index (χ4n) is 2.06. The molecule has 0 atom stereocenters. The first kappa shape index (κ1) is 14.4. The Labute approximate surface area is 128 Å². The second kappa shape index (κ2) is 6.97. The lowest BCUT2D eigenvalue weighted by atomic mass is 10.1. The van der Waals surface area contributed by atoms with Gasteiger partial charge in [-0.2, -0.15) is 0 Å². The largest absolute Gasteiger partial charge is 0.366 e. The zero-order chi connectivity index (χ0) is 13.7. The number of halogens is 2. The topological polar surface area (TPSA) is 3.24 Å². The van der Waals surface area contributed by atoms with Gasteiger partial charge < -0.3 is 4.90 Å². The van der Waals surface area contributed by atoms with Gasteiger partial charge >= 0.3 is 0 Å². The molecule has 0 radical (unpaired) electrons. The van der Waals surface area contributed by atoms with E-state index in [-0.39, 0.29) is 0 Å². The molecule has 19 heavy (non-hydrogen) atoms. The molecule has 100 valence electrons. The monoisotopic (exact) mass is 337 g/mol. The van der Waals surface area contributed by atoms with Crippen molar-refractivity contribution in [3.63, 3.8) is 0 Å². The number of anilines is 1. The maximum absolute atomic E-state index is 6.39. The quantitative estimate of drug-likeness (QED) is 0.672. The minimum absolute atomic E-state index is 0.815. The van der Waals surface area contributed by atoms with E-state index in [4.69, 9.17) is 11.6 Å². The number of nitrogens with zero attached hydrogens (tertiary/aromatic N) is 1. The molecule has 0 aliphatic heterocycles. The highest BCUT2D eigenvalue weighted by atomic mass is 79.9. The average molecular weight is 339 g/mol. The van der Waals surface area contributed by atoms with Crippen molar-refractivity contribution in [1.29, 1.82) is 0 Å². The Balaban J connectivity index is 2.22. The van der Waals surface area contributed by atoms with E-state index in [9.17, 15) is 0 Å². The number of hydrogen-bond acceptors (Lipinski definition) is 1. The van der Waals surface area contributed by atoms with E-state index in [2.05, 4.69) is 64.2 Å². The first-order valence-corrected chi connectivity index (χ1v) is 7.87. The SMILES string of the molecule is CCN(Cc1ccccc1)c1ccc(CBr)cc1Cl. The van der Waals surface area contributed by atoms with Crippen LogP contribution in [0.5, 0.6) is 0 Å². The molecule has 0 unspecified atom stereocenters. The fourth-order valence-corrected chi connectivity index (χ4v) is 2.73. The summed E-state index contributed by atoms with van der Waals surface area (Å²) in [5.41, 5.74) is 3.59. The van der Waals surface area contributed by atoms with Gasteiger partial charge in [-0.05, 0) is 30.2 Å². The van der Waals surface area contributed by atoms with Crippen LogP contribution in [0.1, 0.15) is 18.1 Å². The second-order valence-corrected chi connectivity index (χ2v) is 5.39. The minimum atomic E-state index is 0.815. The van der Waals surface area contributed by atoms with Crippen molar-refractivity contribution >= 4 is 33.2 Å². The Hall–Kier alpha value is -0.990. The van der Waals surface area contributed by atoms with E-state index in [0.717, 1.165) is 29.1 Å². The summed E-state index contributed by atoms with van der Waals surface area (Å²) in [6.07, 6.45) is 0. The standard InChI is InChI=1S/C16H17BrClN/c1-2-19(12-13-6-4-3-5-7-13)16-9-8-14(11-17)10-15(16)18/h3-10H,2,11-12H2,1H3. The van der Waals surface area contributed by atoms with Gasteiger partial charge in [-0.25, -0.2) is 0 Å². The Bertz CT molecular complexity index is 528. The van der Waals surface area contributed by atoms with Gasteiger partial charge in [0.05, 0.1) is 10.7 Å². The Kier molecular flexibility index (Phi) is 5.29. The number of hydrogen-bond donors (Lipinski definition) is 0. The van der Waals surface area contributed by atoms with E-state index < -0.39 is 0 Å². The Morgan fingerprint density at radius 3 is 2.37 bits per heavy atom. The first-order chi connectivity index (χ1) is 9.24. The van der Waals surface area contributed by atoms with Gasteiger partial charge in [-0.3, -0.25) is 0 Å². The second-order valence-electron chi connectivity index (χ2n) is 4.42. The summed E-state index contributed by atoms with van der Waals surface area (Å²) < 4.78 is 0. The average Bonchev–Trinajstić information content (AvgIpc) is 2.46. The molecule has 0 saturated carbocycles. The van der Waals surface area contributed by atoms with Crippen molar-refractivity contribution in [3.8, 4) is 0 Å². The summed E-state index contributed by atoms with van der Waals surface area (Å²) in [5, 5.41) is 1.65. The smallest absolute Gasteiger partial charge is 0.0642 e. The predicted octanol–water partition coefficient (Wildman–Crippen LogP) is 5.26. The van der Waals surface area contributed by atoms with Crippen LogP contribution < -0.4 is 4.90 Å². The van der Waals surface area contributed by atoms with Crippen LogP contribution in [0.25, 0.3) is 0 Å². The van der Waals surface area contributed by atoms with Gasteiger partial charge in [0.15, 0.2) is 0 Å². The molecule has 0 saturated heterocycles.